The highest BCUT2D eigenvalue weighted by molar-refractivity contribution is 5.81. The second kappa shape index (κ2) is 4.87. The summed E-state index contributed by atoms with van der Waals surface area (Å²) in [5.74, 6) is 0. The minimum Gasteiger partial charge on any atom is -0.329 e. The SMILES string of the molecule is NCCNCc1ccnc2ccccc12. The van der Waals surface area contributed by atoms with Crippen LogP contribution in [0.4, 0.5) is 0 Å². The Morgan fingerprint density at radius 3 is 2.93 bits per heavy atom. The van der Waals surface area contributed by atoms with E-state index in [-0.39, 0.29) is 0 Å². The normalized spacial score (nSPS) is 10.7. The molecule has 0 bridgehead atoms. The van der Waals surface area contributed by atoms with Crippen LogP contribution in [0.1, 0.15) is 5.56 Å². The lowest BCUT2D eigenvalue weighted by atomic mass is 10.1. The van der Waals surface area contributed by atoms with Crippen LogP contribution in [0.3, 0.4) is 0 Å². The standard InChI is InChI=1S/C12H15N3/c13-6-8-14-9-10-5-7-15-12-4-2-1-3-11(10)12/h1-5,7,14H,6,8-9,13H2. The van der Waals surface area contributed by atoms with Gasteiger partial charge in [0.05, 0.1) is 5.52 Å². The number of fused-ring (bicyclic) bond motifs is 1. The molecule has 0 aliphatic rings. The molecule has 3 heteroatoms. The Morgan fingerprint density at radius 2 is 2.07 bits per heavy atom. The Kier molecular flexibility index (Phi) is 3.27. The van der Waals surface area contributed by atoms with Crippen molar-refractivity contribution in [2.45, 2.75) is 6.54 Å². The van der Waals surface area contributed by atoms with Crippen molar-refractivity contribution in [1.29, 1.82) is 0 Å². The third kappa shape index (κ3) is 2.32. The predicted octanol–water partition coefficient (Wildman–Crippen LogP) is 1.28. The van der Waals surface area contributed by atoms with Crippen LogP contribution in [0.2, 0.25) is 0 Å². The molecule has 15 heavy (non-hydrogen) atoms. The third-order valence-corrected chi connectivity index (χ3v) is 2.38. The molecule has 0 spiro atoms. The van der Waals surface area contributed by atoms with E-state index in [1.54, 1.807) is 0 Å². The number of hydrogen-bond donors (Lipinski definition) is 2. The van der Waals surface area contributed by atoms with Crippen LogP contribution in [0.25, 0.3) is 10.9 Å². The van der Waals surface area contributed by atoms with Crippen LogP contribution in [-0.4, -0.2) is 18.1 Å². The first-order valence-electron chi connectivity index (χ1n) is 5.15. The summed E-state index contributed by atoms with van der Waals surface area (Å²) in [6, 6.07) is 10.2. The van der Waals surface area contributed by atoms with Crippen molar-refractivity contribution < 1.29 is 0 Å². The molecule has 0 aliphatic heterocycles. The smallest absolute Gasteiger partial charge is 0.0705 e. The molecule has 1 aromatic carbocycles. The Morgan fingerprint density at radius 1 is 1.20 bits per heavy atom. The van der Waals surface area contributed by atoms with Crippen molar-refractivity contribution in [3.8, 4) is 0 Å². The van der Waals surface area contributed by atoms with Crippen molar-refractivity contribution in [1.82, 2.24) is 10.3 Å². The van der Waals surface area contributed by atoms with E-state index in [0.29, 0.717) is 6.54 Å². The molecule has 0 saturated heterocycles. The molecule has 78 valence electrons. The van der Waals surface area contributed by atoms with Crippen molar-refractivity contribution in [2.24, 2.45) is 5.73 Å². The van der Waals surface area contributed by atoms with E-state index in [0.717, 1.165) is 18.6 Å². The van der Waals surface area contributed by atoms with Gasteiger partial charge >= 0.3 is 0 Å². The topological polar surface area (TPSA) is 50.9 Å². The van der Waals surface area contributed by atoms with Crippen LogP contribution in [0.15, 0.2) is 36.5 Å². The highest BCUT2D eigenvalue weighted by Gasteiger charge is 1.99. The molecule has 1 heterocycles. The van der Waals surface area contributed by atoms with E-state index in [2.05, 4.69) is 16.4 Å². The zero-order chi connectivity index (χ0) is 10.5. The quantitative estimate of drug-likeness (QED) is 0.733. The molecule has 0 unspecified atom stereocenters. The highest BCUT2D eigenvalue weighted by atomic mass is 14.9. The fourth-order valence-electron chi connectivity index (χ4n) is 1.63. The fraction of sp³-hybridized carbons (Fsp3) is 0.250. The first kappa shape index (κ1) is 10.1. The number of para-hydroxylation sites is 1. The first-order chi connectivity index (χ1) is 7.42. The van der Waals surface area contributed by atoms with Crippen LogP contribution in [0, 0.1) is 0 Å². The Balaban J connectivity index is 2.26. The minimum atomic E-state index is 0.670. The summed E-state index contributed by atoms with van der Waals surface area (Å²) in [7, 11) is 0. The monoisotopic (exact) mass is 201 g/mol. The molecule has 0 saturated carbocycles. The average Bonchev–Trinajstić information content (AvgIpc) is 2.30. The summed E-state index contributed by atoms with van der Waals surface area (Å²) in [6.45, 7) is 2.36. The molecule has 0 radical (unpaired) electrons. The molecule has 3 nitrogen and oxygen atoms in total. The third-order valence-electron chi connectivity index (χ3n) is 2.38. The summed E-state index contributed by atoms with van der Waals surface area (Å²) in [5.41, 5.74) is 7.75. The molecule has 1 aromatic heterocycles. The first-order valence-corrected chi connectivity index (χ1v) is 5.15. The zero-order valence-corrected chi connectivity index (χ0v) is 8.61. The van der Waals surface area contributed by atoms with Crippen molar-refractivity contribution in [3.05, 3.63) is 42.1 Å². The van der Waals surface area contributed by atoms with E-state index in [1.807, 2.05) is 30.5 Å². The molecule has 0 atom stereocenters. The number of pyridine rings is 1. The minimum absolute atomic E-state index is 0.670. The molecule has 0 amide bonds. The lowest BCUT2D eigenvalue weighted by molar-refractivity contribution is 0.697. The van der Waals surface area contributed by atoms with Gasteiger partial charge in [-0.05, 0) is 17.7 Å². The Labute approximate surface area is 89.3 Å². The van der Waals surface area contributed by atoms with Gasteiger partial charge in [0.2, 0.25) is 0 Å². The Hall–Kier alpha value is -1.45. The van der Waals surface area contributed by atoms with Gasteiger partial charge in [-0.2, -0.15) is 0 Å². The maximum absolute atomic E-state index is 5.43. The number of benzene rings is 1. The van der Waals surface area contributed by atoms with Crippen molar-refractivity contribution in [2.75, 3.05) is 13.1 Å². The van der Waals surface area contributed by atoms with Gasteiger partial charge in [0.15, 0.2) is 0 Å². The predicted molar refractivity (Wildman–Crippen MR) is 62.5 cm³/mol. The molecular formula is C12H15N3. The van der Waals surface area contributed by atoms with Gasteiger partial charge in [0.25, 0.3) is 0 Å². The summed E-state index contributed by atoms with van der Waals surface area (Å²) in [6.07, 6.45) is 1.85. The van der Waals surface area contributed by atoms with Crippen LogP contribution >= 0.6 is 0 Å². The van der Waals surface area contributed by atoms with Crippen LogP contribution in [0.5, 0.6) is 0 Å². The van der Waals surface area contributed by atoms with Crippen LogP contribution in [-0.2, 0) is 6.54 Å². The second-order valence-electron chi connectivity index (χ2n) is 3.45. The number of nitrogens with two attached hydrogens (primary N) is 1. The lowest BCUT2D eigenvalue weighted by Crippen LogP contribution is -2.21. The molecule has 0 aliphatic carbocycles. The van der Waals surface area contributed by atoms with Gasteiger partial charge in [-0.25, -0.2) is 0 Å². The van der Waals surface area contributed by atoms with Gasteiger partial charge in [0, 0.05) is 31.2 Å². The summed E-state index contributed by atoms with van der Waals surface area (Å²) in [4.78, 5) is 4.32. The zero-order valence-electron chi connectivity index (χ0n) is 8.61. The second-order valence-corrected chi connectivity index (χ2v) is 3.45. The van der Waals surface area contributed by atoms with Gasteiger partial charge in [-0.3, -0.25) is 4.98 Å². The number of aromatic nitrogens is 1. The summed E-state index contributed by atoms with van der Waals surface area (Å²) in [5, 5.41) is 4.50. The molecule has 0 fully saturated rings. The van der Waals surface area contributed by atoms with E-state index in [4.69, 9.17) is 5.73 Å². The number of rotatable bonds is 4. The summed E-state index contributed by atoms with van der Waals surface area (Å²) < 4.78 is 0. The van der Waals surface area contributed by atoms with Crippen molar-refractivity contribution >= 4 is 10.9 Å². The van der Waals surface area contributed by atoms with E-state index in [1.165, 1.54) is 10.9 Å². The number of hydrogen-bond acceptors (Lipinski definition) is 3. The molecule has 2 aromatic rings. The van der Waals surface area contributed by atoms with Gasteiger partial charge in [-0.15, -0.1) is 0 Å². The Bertz CT molecular complexity index is 434. The molecule has 2 rings (SSSR count). The van der Waals surface area contributed by atoms with Crippen LogP contribution < -0.4 is 11.1 Å². The van der Waals surface area contributed by atoms with Crippen molar-refractivity contribution in [3.63, 3.8) is 0 Å². The van der Waals surface area contributed by atoms with Gasteiger partial charge in [-0.1, -0.05) is 18.2 Å². The largest absolute Gasteiger partial charge is 0.329 e. The summed E-state index contributed by atoms with van der Waals surface area (Å²) >= 11 is 0. The van der Waals surface area contributed by atoms with Gasteiger partial charge in [0.1, 0.15) is 0 Å². The van der Waals surface area contributed by atoms with Gasteiger partial charge < -0.3 is 11.1 Å². The highest BCUT2D eigenvalue weighted by Crippen LogP contribution is 2.15. The van der Waals surface area contributed by atoms with E-state index in [9.17, 15) is 0 Å². The van der Waals surface area contributed by atoms with E-state index >= 15 is 0 Å². The average molecular weight is 201 g/mol. The molecular weight excluding hydrogens is 186 g/mol. The lowest BCUT2D eigenvalue weighted by Gasteiger charge is -2.06. The number of nitrogens with one attached hydrogen (secondary N) is 1. The maximum Gasteiger partial charge on any atom is 0.0705 e. The maximum atomic E-state index is 5.43. The number of nitrogens with zero attached hydrogens (tertiary/aromatic N) is 1. The fourth-order valence-corrected chi connectivity index (χ4v) is 1.63. The molecule has 3 N–H and O–H groups in total. The van der Waals surface area contributed by atoms with E-state index < -0.39 is 0 Å².